The van der Waals surface area contributed by atoms with Crippen molar-refractivity contribution in [1.82, 2.24) is 36.4 Å². The molecule has 17 N–H and O–H groups in total. The summed E-state index contributed by atoms with van der Waals surface area (Å²) in [5.74, 6) is -7.93. The number of unbranched alkanes of at least 4 members (excludes halogenated alkanes) is 5. The number of carbonyl (C=O) groups is 7. The fraction of sp³-hybridized carbons (Fsp3) is 0.755. The second kappa shape index (κ2) is 31.6. The highest BCUT2D eigenvalue weighted by Gasteiger charge is 2.49. The predicted octanol–water partition coefficient (Wildman–Crippen LogP) is -2.22. The molecule has 3 aliphatic heterocycles. The number of fused-ring (bicyclic) bond motifs is 2. The Bertz CT molecular complexity index is 2070. The number of amides is 6. The lowest BCUT2D eigenvalue weighted by Crippen LogP contribution is -2.63. The van der Waals surface area contributed by atoms with Gasteiger partial charge in [-0.3, -0.25) is 38.9 Å². The van der Waals surface area contributed by atoms with Gasteiger partial charge >= 0.3 is 0 Å². The number of benzene rings is 1. The third kappa shape index (κ3) is 18.9. The molecule has 0 aliphatic carbocycles. The fourth-order valence-electron chi connectivity index (χ4n) is 10.5. The first kappa shape index (κ1) is 64.6. The summed E-state index contributed by atoms with van der Waals surface area (Å²) in [5.41, 5.74) is 11.5. The number of nitrogens with two attached hydrogens (primary N) is 2. The topological polar surface area (TPSA) is 400 Å². The number of hydrogen-bond acceptors (Lipinski definition) is 18. The quantitative estimate of drug-likeness (QED) is 0.0516. The van der Waals surface area contributed by atoms with E-state index in [0.29, 0.717) is 18.3 Å². The number of phenols is 1. The maximum atomic E-state index is 14.6. The summed E-state index contributed by atoms with van der Waals surface area (Å²) in [6.07, 6.45) is -7.48. The van der Waals surface area contributed by atoms with Crippen molar-refractivity contribution in [3.8, 4) is 5.75 Å². The van der Waals surface area contributed by atoms with Gasteiger partial charge in [0.2, 0.25) is 35.4 Å². The number of rotatable bonds is 23. The molecule has 0 aromatic heterocycles. The van der Waals surface area contributed by atoms with Crippen LogP contribution in [0, 0.1) is 17.8 Å². The van der Waals surface area contributed by atoms with Crippen LogP contribution < -0.4 is 38.1 Å². The van der Waals surface area contributed by atoms with E-state index >= 15 is 0 Å². The highest BCUT2D eigenvalue weighted by molar-refractivity contribution is 5.98. The summed E-state index contributed by atoms with van der Waals surface area (Å²) < 4.78 is 0. The van der Waals surface area contributed by atoms with Gasteiger partial charge < -0.3 is 83.4 Å². The van der Waals surface area contributed by atoms with Crippen molar-refractivity contribution in [2.75, 3.05) is 32.7 Å². The monoisotopic (exact) mass is 1090 g/mol. The molecule has 0 unspecified atom stereocenters. The summed E-state index contributed by atoms with van der Waals surface area (Å²) in [5, 5.41) is 102. The van der Waals surface area contributed by atoms with Gasteiger partial charge in [0.05, 0.1) is 48.6 Å². The molecule has 436 valence electrons. The van der Waals surface area contributed by atoms with E-state index in [1.54, 1.807) is 0 Å². The number of ketones is 1. The molecule has 3 saturated heterocycles. The first-order valence-corrected chi connectivity index (χ1v) is 27.6. The van der Waals surface area contributed by atoms with E-state index in [2.05, 4.69) is 47.4 Å². The van der Waals surface area contributed by atoms with Crippen molar-refractivity contribution in [1.29, 1.82) is 0 Å². The van der Waals surface area contributed by atoms with Crippen molar-refractivity contribution < 1.29 is 74.4 Å². The number of Topliss-reactive ketones (excluding diaryl/α,β-unsaturated/α-hetero) is 1. The molecule has 16 atom stereocenters. The summed E-state index contributed by atoms with van der Waals surface area (Å²) in [4.78, 5) is 102. The van der Waals surface area contributed by atoms with Crippen LogP contribution in [0.4, 0.5) is 0 Å². The molecule has 0 radical (unpaired) electrons. The van der Waals surface area contributed by atoms with Crippen LogP contribution in [0.5, 0.6) is 5.75 Å². The van der Waals surface area contributed by atoms with Crippen LogP contribution in [0.3, 0.4) is 0 Å². The highest BCUT2D eigenvalue weighted by Crippen LogP contribution is 2.30. The number of nitrogens with zero attached hydrogens (tertiary/aromatic N) is 2. The summed E-state index contributed by atoms with van der Waals surface area (Å²) in [6, 6.07) is -3.86. The molecule has 6 amide bonds. The molecule has 24 nitrogen and oxygen atoms in total. The van der Waals surface area contributed by atoms with Gasteiger partial charge in [0.15, 0.2) is 5.78 Å². The molecule has 3 aliphatic rings. The number of aliphatic hydroxyl groups excluding tert-OH is 7. The van der Waals surface area contributed by atoms with Crippen molar-refractivity contribution in [2.45, 2.75) is 203 Å². The lowest BCUT2D eigenvalue weighted by molar-refractivity contribution is -0.149. The Morgan fingerprint density at radius 1 is 0.753 bits per heavy atom. The van der Waals surface area contributed by atoms with Gasteiger partial charge in [-0.05, 0) is 68.7 Å². The minimum absolute atomic E-state index is 0.0188. The number of aliphatic hydroxyl groups is 7. The second-order valence-corrected chi connectivity index (χ2v) is 21.6. The van der Waals surface area contributed by atoms with E-state index in [4.69, 9.17) is 11.5 Å². The van der Waals surface area contributed by atoms with Gasteiger partial charge in [-0.2, -0.15) is 0 Å². The number of nitrogens with one attached hydrogen (secondary N) is 5. The molecule has 0 spiro atoms. The number of aromatic hydroxyl groups is 1. The Balaban J connectivity index is 1.73. The maximum absolute atomic E-state index is 14.6. The minimum atomic E-state index is -2.17. The normalized spacial score (nSPS) is 28.7. The van der Waals surface area contributed by atoms with Gasteiger partial charge in [-0.1, -0.05) is 77.8 Å². The van der Waals surface area contributed by atoms with Crippen LogP contribution in [-0.2, 0) is 33.6 Å². The zero-order chi connectivity index (χ0) is 57.1. The van der Waals surface area contributed by atoms with Crippen LogP contribution in [0.2, 0.25) is 0 Å². The molecule has 0 saturated carbocycles. The van der Waals surface area contributed by atoms with Gasteiger partial charge in [0.1, 0.15) is 42.2 Å². The minimum Gasteiger partial charge on any atom is -0.508 e. The molecular formula is C53H89N9O15. The summed E-state index contributed by atoms with van der Waals surface area (Å²) in [7, 11) is 0. The van der Waals surface area contributed by atoms with Crippen molar-refractivity contribution in [3.63, 3.8) is 0 Å². The fourth-order valence-corrected chi connectivity index (χ4v) is 10.5. The second-order valence-electron chi connectivity index (χ2n) is 21.6. The van der Waals surface area contributed by atoms with Crippen molar-refractivity contribution >= 4 is 41.2 Å². The summed E-state index contributed by atoms with van der Waals surface area (Å²) >= 11 is 0. The Morgan fingerprint density at radius 3 is 2.03 bits per heavy atom. The predicted molar refractivity (Wildman–Crippen MR) is 281 cm³/mol. The smallest absolute Gasteiger partial charge is 0.248 e. The standard InChI is InChI=1S/C53H89N9O15/c1-5-29(2)24-30(3)12-10-8-6-7-9-11-13-42(70)57-36-27-41(69)48(56-22-21-55)60-51(75)45-39(67)19-23-61(45)53(77)44(38(66)18-20-54)59-49(73)35(47(72)46(71)32-14-16-33(64)17-15-32)26-40(68)37-25-34(65)28-62(37)52(76)43(31(4)63)58-50(36)74/h14-17,29-31,34-39,41,43-48,56,63-67,69,71-72H,5-13,18-28,54-55H2,1-4H3,(H,57,70)(H,58,74)(H,59,73)(H,60,75)/t29-,30+,31+,34+,35-,36-,37-,38+,39-,41+,43-,44-,45-,46-,47-,48-/m0/s1. The molecule has 3 heterocycles. The maximum Gasteiger partial charge on any atom is 0.248 e. The van der Waals surface area contributed by atoms with Gasteiger partial charge in [-0.25, -0.2) is 0 Å². The Labute approximate surface area is 451 Å². The Morgan fingerprint density at radius 2 is 1.39 bits per heavy atom. The van der Waals surface area contributed by atoms with E-state index in [0.717, 1.165) is 54.7 Å². The van der Waals surface area contributed by atoms with Crippen LogP contribution in [-0.4, -0.2) is 198 Å². The van der Waals surface area contributed by atoms with E-state index < -0.39 is 152 Å². The average molecular weight is 1090 g/mol. The average Bonchev–Trinajstić information content (AvgIpc) is 3.99. The van der Waals surface area contributed by atoms with E-state index in [1.165, 1.54) is 37.6 Å². The highest BCUT2D eigenvalue weighted by atomic mass is 16.3. The van der Waals surface area contributed by atoms with Crippen molar-refractivity contribution in [2.24, 2.45) is 29.2 Å². The molecule has 24 heteroatoms. The third-order valence-electron chi connectivity index (χ3n) is 15.2. The summed E-state index contributed by atoms with van der Waals surface area (Å²) in [6.45, 7) is 6.84. The van der Waals surface area contributed by atoms with Crippen LogP contribution >= 0.6 is 0 Å². The number of carbonyl (C=O) groups excluding carboxylic acids is 7. The SMILES string of the molecule is CC[C@H](C)C[C@H](C)CCCCCCCCC(=O)N[C@H]1C[C@@H](O)[C@@H](NCCN)NC(=O)[C@@H]2[C@@H](O)CCN2C(=O)[C@H]([C@H](O)CCN)NC(=O)[C@H]([C@H](O)[C@@H](O)c2ccc(O)cc2)CC(=O)[C@@H]2C[C@@H](O)CN2C(=O)[C@H]([C@@H](C)O)NC1=O. The van der Waals surface area contributed by atoms with Crippen LogP contribution in [0.15, 0.2) is 24.3 Å². The molecule has 77 heavy (non-hydrogen) atoms. The molecular weight excluding hydrogens is 1000 g/mol. The Kier molecular flexibility index (Phi) is 26.6. The third-order valence-corrected chi connectivity index (χ3v) is 15.2. The lowest BCUT2D eigenvalue weighted by atomic mass is 9.86. The van der Waals surface area contributed by atoms with Crippen LogP contribution in [0.1, 0.15) is 136 Å². The van der Waals surface area contributed by atoms with E-state index in [9.17, 15) is 74.4 Å². The number of phenolic OH excluding ortho intramolecular Hbond substituents is 1. The van der Waals surface area contributed by atoms with E-state index in [-0.39, 0.29) is 56.8 Å². The van der Waals surface area contributed by atoms with Gasteiger partial charge in [-0.15, -0.1) is 0 Å². The van der Waals surface area contributed by atoms with Crippen molar-refractivity contribution in [3.05, 3.63) is 29.8 Å². The van der Waals surface area contributed by atoms with Crippen LogP contribution in [0.25, 0.3) is 0 Å². The Hall–Kier alpha value is -4.89. The first-order chi connectivity index (χ1) is 36.5. The van der Waals surface area contributed by atoms with E-state index in [1.807, 2.05) is 0 Å². The zero-order valence-corrected chi connectivity index (χ0v) is 45.2. The molecule has 1 aromatic carbocycles. The van der Waals surface area contributed by atoms with Gasteiger partial charge in [0, 0.05) is 51.9 Å². The largest absolute Gasteiger partial charge is 0.508 e. The zero-order valence-electron chi connectivity index (χ0n) is 45.2. The molecule has 4 rings (SSSR count). The van der Waals surface area contributed by atoms with Gasteiger partial charge in [0.25, 0.3) is 0 Å². The molecule has 1 aromatic rings. The number of hydrogen-bond donors (Lipinski definition) is 15. The first-order valence-electron chi connectivity index (χ1n) is 27.6. The lowest BCUT2D eigenvalue weighted by Gasteiger charge is -2.34. The molecule has 0 bridgehead atoms. The molecule has 3 fully saturated rings.